The largest absolute Gasteiger partial charge is 0.491 e. The van der Waals surface area contributed by atoms with Gasteiger partial charge in [-0.1, -0.05) is 11.6 Å². The first-order valence-corrected chi connectivity index (χ1v) is 9.79. The molecule has 164 valence electrons. The van der Waals surface area contributed by atoms with Crippen LogP contribution in [-0.2, 0) is 19.1 Å². The summed E-state index contributed by atoms with van der Waals surface area (Å²) in [5, 5.41) is 15.6. The van der Waals surface area contributed by atoms with E-state index in [9.17, 15) is 0 Å². The van der Waals surface area contributed by atoms with Crippen molar-refractivity contribution in [3.63, 3.8) is 0 Å². The predicted molar refractivity (Wildman–Crippen MR) is 109 cm³/mol. The molecular weight excluding hydrogens is 402 g/mol. The Hall–Kier alpha value is -1.87. The monoisotopic (exact) mass is 431 g/mol. The zero-order chi connectivity index (χ0) is 22.0. The SMILES string of the molecule is Cc1c(Cl)ccc(OCCOCCN2CC(C)OC(C)C2)c1C.O=C(O)C(=O)O. The topological polar surface area (TPSA) is 106 Å². The summed E-state index contributed by atoms with van der Waals surface area (Å²) in [6.07, 6.45) is 0.608. The fraction of sp³-hybridized carbons (Fsp3) is 0.600. The van der Waals surface area contributed by atoms with E-state index >= 15 is 0 Å². The summed E-state index contributed by atoms with van der Waals surface area (Å²) < 4.78 is 17.2. The lowest BCUT2D eigenvalue weighted by Gasteiger charge is -2.35. The fourth-order valence-electron chi connectivity index (χ4n) is 2.89. The van der Waals surface area contributed by atoms with Crippen LogP contribution in [0, 0.1) is 13.8 Å². The van der Waals surface area contributed by atoms with Gasteiger partial charge in [0, 0.05) is 24.7 Å². The van der Waals surface area contributed by atoms with Gasteiger partial charge < -0.3 is 24.4 Å². The fourth-order valence-corrected chi connectivity index (χ4v) is 3.10. The minimum absolute atomic E-state index is 0.304. The van der Waals surface area contributed by atoms with E-state index in [-0.39, 0.29) is 0 Å². The van der Waals surface area contributed by atoms with Crippen molar-refractivity contribution in [3.05, 3.63) is 28.3 Å². The van der Waals surface area contributed by atoms with Crippen LogP contribution in [0.1, 0.15) is 25.0 Å². The number of halogens is 1. The first-order chi connectivity index (χ1) is 13.6. The van der Waals surface area contributed by atoms with E-state index in [1.54, 1.807) is 0 Å². The molecule has 1 heterocycles. The van der Waals surface area contributed by atoms with Crippen LogP contribution in [-0.4, -0.2) is 78.7 Å². The van der Waals surface area contributed by atoms with Crippen LogP contribution >= 0.6 is 11.6 Å². The van der Waals surface area contributed by atoms with Gasteiger partial charge in [0.15, 0.2) is 0 Å². The van der Waals surface area contributed by atoms with E-state index in [0.717, 1.165) is 48.1 Å². The highest BCUT2D eigenvalue weighted by Crippen LogP contribution is 2.27. The Morgan fingerprint density at radius 3 is 2.21 bits per heavy atom. The summed E-state index contributed by atoms with van der Waals surface area (Å²) in [6.45, 7) is 13.0. The molecule has 0 spiro atoms. The number of nitrogens with zero attached hydrogens (tertiary/aromatic N) is 1. The number of aliphatic carboxylic acids is 2. The number of rotatable bonds is 7. The van der Waals surface area contributed by atoms with Crippen LogP contribution in [0.25, 0.3) is 0 Å². The third-order valence-electron chi connectivity index (χ3n) is 4.39. The molecule has 1 aliphatic heterocycles. The quantitative estimate of drug-likeness (QED) is 0.501. The number of carbonyl (C=O) groups is 2. The molecule has 2 N–H and O–H groups in total. The van der Waals surface area contributed by atoms with Gasteiger partial charge in [0.1, 0.15) is 12.4 Å². The normalized spacial score (nSPS) is 19.2. The second-order valence-corrected chi connectivity index (χ2v) is 7.29. The van der Waals surface area contributed by atoms with Crippen LogP contribution < -0.4 is 4.74 Å². The van der Waals surface area contributed by atoms with Crippen molar-refractivity contribution >= 4 is 23.5 Å². The Morgan fingerprint density at radius 2 is 1.66 bits per heavy atom. The second-order valence-electron chi connectivity index (χ2n) is 6.88. The van der Waals surface area contributed by atoms with Gasteiger partial charge in [-0.3, -0.25) is 4.90 Å². The molecule has 1 aliphatic rings. The van der Waals surface area contributed by atoms with E-state index in [4.69, 9.17) is 45.6 Å². The Morgan fingerprint density at radius 1 is 1.07 bits per heavy atom. The summed E-state index contributed by atoms with van der Waals surface area (Å²) in [4.78, 5) is 20.6. The van der Waals surface area contributed by atoms with Crippen molar-refractivity contribution in [1.29, 1.82) is 0 Å². The van der Waals surface area contributed by atoms with Gasteiger partial charge in [0.25, 0.3) is 0 Å². The summed E-state index contributed by atoms with van der Waals surface area (Å²) in [5.41, 5.74) is 2.16. The first kappa shape index (κ1) is 25.2. The number of hydrogen-bond donors (Lipinski definition) is 2. The molecule has 0 aliphatic carbocycles. The van der Waals surface area contributed by atoms with E-state index in [1.165, 1.54) is 0 Å². The molecule has 0 radical (unpaired) electrons. The molecule has 9 heteroatoms. The summed E-state index contributed by atoms with van der Waals surface area (Å²) in [6, 6.07) is 3.79. The minimum atomic E-state index is -1.82. The number of benzene rings is 1. The van der Waals surface area contributed by atoms with Crippen LogP contribution in [0.4, 0.5) is 0 Å². The van der Waals surface area contributed by atoms with Crippen molar-refractivity contribution in [2.24, 2.45) is 0 Å². The highest BCUT2D eigenvalue weighted by Gasteiger charge is 2.21. The lowest BCUT2D eigenvalue weighted by Crippen LogP contribution is -2.46. The number of hydrogen-bond acceptors (Lipinski definition) is 6. The van der Waals surface area contributed by atoms with E-state index in [1.807, 2.05) is 26.0 Å². The van der Waals surface area contributed by atoms with Crippen LogP contribution in [0.5, 0.6) is 5.75 Å². The standard InChI is InChI=1S/C18H28ClNO3.C2H2O4/c1-13-11-20(12-14(2)23-13)7-8-21-9-10-22-18-6-5-17(19)15(3)16(18)4;3-1(4)2(5)6/h5-6,13-14H,7-12H2,1-4H3;(H,3,4)(H,5,6). The average molecular weight is 432 g/mol. The first-order valence-electron chi connectivity index (χ1n) is 9.42. The Labute approximate surface area is 176 Å². The molecule has 2 rings (SSSR count). The number of carboxylic acid groups (broad SMARTS) is 2. The maximum atomic E-state index is 9.10. The lowest BCUT2D eigenvalue weighted by atomic mass is 10.1. The summed E-state index contributed by atoms with van der Waals surface area (Å²) in [7, 11) is 0. The molecule has 0 amide bonds. The molecule has 1 aromatic rings. The van der Waals surface area contributed by atoms with Crippen molar-refractivity contribution < 1.29 is 34.0 Å². The Kier molecular flexibility index (Phi) is 11.0. The predicted octanol–water partition coefficient (Wildman–Crippen LogP) is 2.62. The zero-order valence-electron chi connectivity index (χ0n) is 17.3. The maximum absolute atomic E-state index is 9.10. The van der Waals surface area contributed by atoms with E-state index in [0.29, 0.717) is 25.4 Å². The number of morpholine rings is 1. The molecule has 0 saturated carbocycles. The van der Waals surface area contributed by atoms with Crippen LogP contribution in [0.15, 0.2) is 12.1 Å². The molecule has 1 aromatic carbocycles. The highest BCUT2D eigenvalue weighted by atomic mass is 35.5. The van der Waals surface area contributed by atoms with Crippen molar-refractivity contribution in [3.8, 4) is 5.75 Å². The molecule has 1 saturated heterocycles. The Bertz CT molecular complexity index is 661. The highest BCUT2D eigenvalue weighted by molar-refractivity contribution is 6.31. The Balaban J connectivity index is 0.000000612. The van der Waals surface area contributed by atoms with Crippen molar-refractivity contribution in [1.82, 2.24) is 4.90 Å². The average Bonchev–Trinajstić information content (AvgIpc) is 2.64. The van der Waals surface area contributed by atoms with Crippen molar-refractivity contribution in [2.45, 2.75) is 39.9 Å². The third kappa shape index (κ3) is 9.45. The zero-order valence-corrected chi connectivity index (χ0v) is 18.1. The molecule has 1 fully saturated rings. The minimum Gasteiger partial charge on any atom is -0.491 e. The third-order valence-corrected chi connectivity index (χ3v) is 4.80. The molecule has 29 heavy (non-hydrogen) atoms. The van der Waals surface area contributed by atoms with Gasteiger partial charge in [-0.2, -0.15) is 0 Å². The number of ether oxygens (including phenoxy) is 3. The molecule has 2 atom stereocenters. The maximum Gasteiger partial charge on any atom is 0.414 e. The van der Waals surface area contributed by atoms with Gasteiger partial charge in [-0.05, 0) is 51.0 Å². The molecular formula is C20H30ClNO7. The smallest absolute Gasteiger partial charge is 0.414 e. The van der Waals surface area contributed by atoms with E-state index < -0.39 is 11.9 Å². The number of carboxylic acids is 2. The molecule has 2 unspecified atom stereocenters. The van der Waals surface area contributed by atoms with Crippen molar-refractivity contribution in [2.75, 3.05) is 39.5 Å². The molecule has 0 aromatic heterocycles. The van der Waals surface area contributed by atoms with Gasteiger partial charge in [-0.15, -0.1) is 0 Å². The van der Waals surface area contributed by atoms with E-state index in [2.05, 4.69) is 18.7 Å². The summed E-state index contributed by atoms with van der Waals surface area (Å²) >= 11 is 6.09. The lowest BCUT2D eigenvalue weighted by molar-refractivity contribution is -0.159. The van der Waals surface area contributed by atoms with Gasteiger partial charge in [0.2, 0.25) is 0 Å². The summed E-state index contributed by atoms with van der Waals surface area (Å²) in [5.74, 6) is -2.77. The molecule has 8 nitrogen and oxygen atoms in total. The van der Waals surface area contributed by atoms with Gasteiger partial charge >= 0.3 is 11.9 Å². The molecule has 0 bridgehead atoms. The van der Waals surface area contributed by atoms with Crippen LogP contribution in [0.2, 0.25) is 5.02 Å². The van der Waals surface area contributed by atoms with Gasteiger partial charge in [0.05, 0.1) is 25.4 Å². The van der Waals surface area contributed by atoms with Crippen LogP contribution in [0.3, 0.4) is 0 Å². The van der Waals surface area contributed by atoms with Gasteiger partial charge in [-0.25, -0.2) is 9.59 Å². The second kappa shape index (κ2) is 12.6.